The van der Waals surface area contributed by atoms with E-state index in [2.05, 4.69) is 44.2 Å². The highest BCUT2D eigenvalue weighted by Crippen LogP contribution is 1.98. The maximum Gasteiger partial charge on any atom is 0.0952 e. The predicted molar refractivity (Wildman–Crippen MR) is 53.9 cm³/mol. The Balaban J connectivity index is 3.34. The van der Waals surface area contributed by atoms with Gasteiger partial charge < -0.3 is 9.13 Å². The number of nitrogens with zero attached hydrogens (tertiary/aromatic N) is 2. The Kier molecular flexibility index (Phi) is 5.24. The van der Waals surface area contributed by atoms with Gasteiger partial charge in [0.15, 0.2) is 0 Å². The molecule has 0 aliphatic rings. The summed E-state index contributed by atoms with van der Waals surface area (Å²) in [5.74, 6) is 0. The molecule has 0 N–H and O–H groups in total. The summed E-state index contributed by atoms with van der Waals surface area (Å²) in [6.45, 7) is 2.40. The fraction of sp³-hybridized carbons (Fsp3) is 1.00. The van der Waals surface area contributed by atoms with E-state index in [1.54, 1.807) is 0 Å². The quantitative estimate of drug-likeness (QED) is 0.509. The fourth-order valence-electron chi connectivity index (χ4n) is 1.30. The molecule has 0 bridgehead atoms. The fourth-order valence-corrected chi connectivity index (χ4v) is 7.36. The van der Waals surface area contributed by atoms with E-state index in [9.17, 15) is 0 Å². The molecule has 0 saturated carbocycles. The third kappa shape index (κ3) is 6.47. The predicted octanol–water partition coefficient (Wildman–Crippen LogP) is -0.957. The zero-order valence-electron chi connectivity index (χ0n) is 7.89. The smallest absolute Gasteiger partial charge is 0.0952 e. The lowest BCUT2D eigenvalue weighted by Gasteiger charge is -2.18. The molecule has 10 heavy (non-hydrogen) atoms. The summed E-state index contributed by atoms with van der Waals surface area (Å²) in [4.78, 5) is 0. The van der Waals surface area contributed by atoms with Gasteiger partial charge in [0.1, 0.15) is 0 Å². The monoisotopic (exact) mass is 176 g/mol. The van der Waals surface area contributed by atoms with E-state index < -0.39 is 0 Å². The highest BCUT2D eigenvalue weighted by atomic mass is 28.3. The highest BCUT2D eigenvalue weighted by molar-refractivity contribution is 6.55. The molecule has 0 unspecified atom stereocenters. The first-order chi connectivity index (χ1) is 4.52. The Labute approximate surface area is 69.4 Å². The molecule has 0 spiro atoms. The van der Waals surface area contributed by atoms with E-state index in [1.807, 2.05) is 0 Å². The maximum absolute atomic E-state index is 2.40. The maximum atomic E-state index is 2.40. The van der Waals surface area contributed by atoms with Gasteiger partial charge in [0, 0.05) is 0 Å². The average molecular weight is 176 g/mol. The van der Waals surface area contributed by atoms with Crippen molar-refractivity contribution < 1.29 is 0 Å². The molecule has 0 heterocycles. The van der Waals surface area contributed by atoms with Crippen LogP contribution in [0.2, 0.25) is 5.16 Å². The van der Waals surface area contributed by atoms with E-state index in [0.717, 1.165) is 5.16 Å². The second-order valence-electron chi connectivity index (χ2n) is 3.63. The van der Waals surface area contributed by atoms with Crippen molar-refractivity contribution in [1.29, 1.82) is 0 Å². The van der Waals surface area contributed by atoms with Crippen molar-refractivity contribution in [1.82, 2.24) is 9.13 Å². The Bertz CT molecular complexity index is 75.8. The molecule has 62 valence electrons. The van der Waals surface area contributed by atoms with Crippen LogP contribution in [0.3, 0.4) is 0 Å². The molecule has 0 aliphatic carbocycles. The lowest BCUT2D eigenvalue weighted by atomic mass is 10.9. The second kappa shape index (κ2) is 5.06. The molecular formula is C6H20N2Si2. The van der Waals surface area contributed by atoms with Crippen molar-refractivity contribution in [3.63, 3.8) is 0 Å². The minimum absolute atomic E-state index is 0.0811. The standard InChI is InChI=1S/C6H20N2Si2/c1-6(9-7(2)3)10-8(4)5/h6H,9-10H2,1-5H3. The zero-order chi connectivity index (χ0) is 8.15. The van der Waals surface area contributed by atoms with E-state index in [-0.39, 0.29) is 19.4 Å². The molecule has 4 heteroatoms. The van der Waals surface area contributed by atoms with Crippen molar-refractivity contribution in [2.24, 2.45) is 0 Å². The van der Waals surface area contributed by atoms with Crippen LogP contribution in [0.4, 0.5) is 0 Å². The molecule has 0 atom stereocenters. The van der Waals surface area contributed by atoms with Gasteiger partial charge >= 0.3 is 0 Å². The molecule has 0 aliphatic heterocycles. The van der Waals surface area contributed by atoms with Crippen molar-refractivity contribution in [2.75, 3.05) is 28.2 Å². The van der Waals surface area contributed by atoms with Crippen LogP contribution in [0, 0.1) is 0 Å². The van der Waals surface area contributed by atoms with E-state index in [1.165, 1.54) is 0 Å². The van der Waals surface area contributed by atoms with Gasteiger partial charge in [-0.15, -0.1) is 0 Å². The molecule has 0 amide bonds. The summed E-state index contributed by atoms with van der Waals surface area (Å²) in [7, 11) is 8.97. The van der Waals surface area contributed by atoms with Crippen LogP contribution in [0.15, 0.2) is 0 Å². The molecular weight excluding hydrogens is 156 g/mol. The van der Waals surface area contributed by atoms with Gasteiger partial charge in [-0.2, -0.15) is 0 Å². The third-order valence-electron chi connectivity index (χ3n) is 1.35. The SMILES string of the molecule is CC([SiH2]N(C)C)[SiH2]N(C)C. The molecule has 0 aromatic rings. The largest absolute Gasteiger partial charge is 0.334 e. The first-order valence-electron chi connectivity index (χ1n) is 3.82. The van der Waals surface area contributed by atoms with E-state index >= 15 is 0 Å². The minimum Gasteiger partial charge on any atom is -0.334 e. The topological polar surface area (TPSA) is 6.48 Å². The molecule has 0 aromatic carbocycles. The van der Waals surface area contributed by atoms with Gasteiger partial charge in [-0.1, -0.05) is 6.92 Å². The number of hydrogen-bond acceptors (Lipinski definition) is 2. The van der Waals surface area contributed by atoms with Gasteiger partial charge in [0.2, 0.25) is 0 Å². The average Bonchev–Trinajstić information content (AvgIpc) is 1.58. The second-order valence-corrected chi connectivity index (χ2v) is 10.8. The first kappa shape index (κ1) is 10.4. The van der Waals surface area contributed by atoms with Crippen LogP contribution in [-0.2, 0) is 0 Å². The van der Waals surface area contributed by atoms with Crippen LogP contribution >= 0.6 is 0 Å². The van der Waals surface area contributed by atoms with Gasteiger partial charge in [0.25, 0.3) is 0 Å². The highest BCUT2D eigenvalue weighted by Gasteiger charge is 2.05. The molecule has 2 nitrogen and oxygen atoms in total. The summed E-state index contributed by atoms with van der Waals surface area (Å²) in [6, 6.07) is 0. The first-order valence-corrected chi connectivity index (χ1v) is 6.71. The lowest BCUT2D eigenvalue weighted by Crippen LogP contribution is -2.30. The molecule has 0 saturated heterocycles. The van der Waals surface area contributed by atoms with Crippen molar-refractivity contribution in [3.05, 3.63) is 0 Å². The minimum atomic E-state index is 0.0811. The van der Waals surface area contributed by atoms with Crippen molar-refractivity contribution >= 4 is 19.4 Å². The molecule has 0 fully saturated rings. The normalized spacial score (nSPS) is 17.1. The Morgan fingerprint density at radius 3 is 1.40 bits per heavy atom. The Morgan fingerprint density at radius 1 is 0.900 bits per heavy atom. The van der Waals surface area contributed by atoms with Crippen LogP contribution in [0.1, 0.15) is 6.92 Å². The van der Waals surface area contributed by atoms with Gasteiger partial charge in [-0.25, -0.2) is 0 Å². The van der Waals surface area contributed by atoms with Crippen LogP contribution in [0.5, 0.6) is 0 Å². The molecule has 0 rings (SSSR count). The van der Waals surface area contributed by atoms with Crippen molar-refractivity contribution in [3.8, 4) is 0 Å². The number of hydrogen-bond donors (Lipinski definition) is 0. The van der Waals surface area contributed by atoms with E-state index in [4.69, 9.17) is 0 Å². The van der Waals surface area contributed by atoms with E-state index in [0.29, 0.717) is 0 Å². The molecule has 0 aromatic heterocycles. The Morgan fingerprint density at radius 2 is 1.20 bits per heavy atom. The van der Waals surface area contributed by atoms with Gasteiger partial charge in [0.05, 0.1) is 19.4 Å². The summed E-state index contributed by atoms with van der Waals surface area (Å²) in [5, 5.41) is 1.05. The lowest BCUT2D eigenvalue weighted by molar-refractivity contribution is 0.634. The van der Waals surface area contributed by atoms with Crippen molar-refractivity contribution in [2.45, 2.75) is 12.1 Å². The third-order valence-corrected chi connectivity index (χ3v) is 5.61. The summed E-state index contributed by atoms with van der Waals surface area (Å²) in [5.41, 5.74) is 0. The zero-order valence-corrected chi connectivity index (χ0v) is 10.7. The summed E-state index contributed by atoms with van der Waals surface area (Å²) >= 11 is 0. The van der Waals surface area contributed by atoms with Crippen LogP contribution in [0.25, 0.3) is 0 Å². The summed E-state index contributed by atoms with van der Waals surface area (Å²) in [6.07, 6.45) is 0. The molecule has 0 radical (unpaired) electrons. The Hall–Kier alpha value is 0.354. The number of rotatable bonds is 4. The van der Waals surface area contributed by atoms with Gasteiger partial charge in [-0.3, -0.25) is 0 Å². The van der Waals surface area contributed by atoms with Gasteiger partial charge in [-0.05, 0) is 33.4 Å². The van der Waals surface area contributed by atoms with Crippen LogP contribution in [-0.4, -0.2) is 56.7 Å². The van der Waals surface area contributed by atoms with Crippen LogP contribution < -0.4 is 0 Å². The summed E-state index contributed by atoms with van der Waals surface area (Å²) < 4.78 is 4.81.